The molecule has 0 bridgehead atoms. The van der Waals surface area contributed by atoms with E-state index in [4.69, 9.17) is 0 Å². The summed E-state index contributed by atoms with van der Waals surface area (Å²) in [5.41, 5.74) is 6.42. The molecule has 0 N–H and O–H groups in total. The summed E-state index contributed by atoms with van der Waals surface area (Å²) in [6.45, 7) is 3.06. The maximum Gasteiger partial charge on any atom is 0.213 e. The third-order valence-corrected chi connectivity index (χ3v) is 4.52. The molecule has 116 valence electrons. The van der Waals surface area contributed by atoms with Crippen LogP contribution in [0.5, 0.6) is 0 Å². The molecule has 0 aliphatic heterocycles. The number of fused-ring (bicyclic) bond motifs is 1. The van der Waals surface area contributed by atoms with Gasteiger partial charge in [-0.15, -0.1) is 0 Å². The van der Waals surface area contributed by atoms with E-state index >= 15 is 0 Å². The summed E-state index contributed by atoms with van der Waals surface area (Å²) in [5.74, 6) is 0. The number of hydrogen-bond acceptors (Lipinski definition) is 0. The molecule has 0 unspecified atom stereocenters. The van der Waals surface area contributed by atoms with Gasteiger partial charge in [-0.2, -0.15) is 4.57 Å². The number of aromatic nitrogens is 1. The van der Waals surface area contributed by atoms with Gasteiger partial charge in [0.25, 0.3) is 0 Å². The Bertz CT molecular complexity index is 973. The third-order valence-electron chi connectivity index (χ3n) is 4.52. The molecule has 0 radical (unpaired) electrons. The molecular formula is C23H20N+. The zero-order valence-electron chi connectivity index (χ0n) is 13.8. The van der Waals surface area contributed by atoms with Gasteiger partial charge in [0.2, 0.25) is 11.2 Å². The summed E-state index contributed by atoms with van der Waals surface area (Å²) in [6, 6.07) is 32.3. The monoisotopic (exact) mass is 310 g/mol. The molecule has 1 heterocycles. The highest BCUT2D eigenvalue weighted by Gasteiger charge is 2.19. The smallest absolute Gasteiger partial charge is 0.187 e. The van der Waals surface area contributed by atoms with E-state index in [0.717, 1.165) is 6.54 Å². The van der Waals surface area contributed by atoms with Crippen molar-refractivity contribution < 1.29 is 4.57 Å². The Morgan fingerprint density at radius 1 is 0.708 bits per heavy atom. The number of hydrogen-bond donors (Lipinski definition) is 0. The lowest BCUT2D eigenvalue weighted by atomic mass is 10.0. The Labute approximate surface area is 142 Å². The molecule has 0 saturated carbocycles. The molecular weight excluding hydrogens is 290 g/mol. The van der Waals surface area contributed by atoms with E-state index in [1.54, 1.807) is 0 Å². The average Bonchev–Trinajstić information content (AvgIpc) is 2.65. The fourth-order valence-corrected chi connectivity index (χ4v) is 3.32. The van der Waals surface area contributed by atoms with Crippen LogP contribution < -0.4 is 4.57 Å². The van der Waals surface area contributed by atoms with Gasteiger partial charge in [0.05, 0.1) is 0 Å². The van der Waals surface area contributed by atoms with E-state index in [9.17, 15) is 0 Å². The predicted molar refractivity (Wildman–Crippen MR) is 99.9 cm³/mol. The predicted octanol–water partition coefficient (Wildman–Crippen LogP) is 5.15. The van der Waals surface area contributed by atoms with Crippen molar-refractivity contribution >= 4 is 10.9 Å². The summed E-state index contributed by atoms with van der Waals surface area (Å²) in [5, 5.41) is 1.31. The number of nitrogens with zero attached hydrogens (tertiary/aromatic N) is 1. The van der Waals surface area contributed by atoms with Crippen LogP contribution in [0.15, 0.2) is 91.0 Å². The first-order valence-electron chi connectivity index (χ1n) is 8.34. The molecule has 4 aromatic rings. The summed E-state index contributed by atoms with van der Waals surface area (Å²) in [6.07, 6.45) is 0. The highest BCUT2D eigenvalue weighted by molar-refractivity contribution is 5.81. The van der Waals surface area contributed by atoms with Crippen molar-refractivity contribution in [3.63, 3.8) is 0 Å². The van der Waals surface area contributed by atoms with Crippen molar-refractivity contribution in [3.8, 4) is 11.3 Å². The van der Waals surface area contributed by atoms with Gasteiger partial charge >= 0.3 is 0 Å². The second kappa shape index (κ2) is 6.29. The van der Waals surface area contributed by atoms with Crippen LogP contribution in [0.25, 0.3) is 22.2 Å². The summed E-state index contributed by atoms with van der Waals surface area (Å²) < 4.78 is 2.42. The van der Waals surface area contributed by atoms with Crippen molar-refractivity contribution in [2.45, 2.75) is 13.5 Å². The zero-order valence-corrected chi connectivity index (χ0v) is 13.8. The standard InChI is InChI=1S/C23H20N/c1-18-16-23(20-12-6-3-7-13-20)24(17-19-10-4-2-5-11-19)22-15-9-8-14-21(18)22/h2-16H,17H2,1H3/q+1. The molecule has 1 heteroatoms. The van der Waals surface area contributed by atoms with E-state index < -0.39 is 0 Å². The first-order chi connectivity index (χ1) is 11.8. The van der Waals surface area contributed by atoms with Crippen LogP contribution in [0.4, 0.5) is 0 Å². The van der Waals surface area contributed by atoms with Gasteiger partial charge in [-0.25, -0.2) is 0 Å². The van der Waals surface area contributed by atoms with Gasteiger partial charge in [-0.05, 0) is 30.7 Å². The van der Waals surface area contributed by atoms with Crippen LogP contribution in [0, 0.1) is 6.92 Å². The molecule has 3 aromatic carbocycles. The molecule has 0 atom stereocenters. The average molecular weight is 310 g/mol. The summed E-state index contributed by atoms with van der Waals surface area (Å²) in [7, 11) is 0. The van der Waals surface area contributed by atoms with Crippen LogP contribution >= 0.6 is 0 Å². The highest BCUT2D eigenvalue weighted by Crippen LogP contribution is 2.23. The minimum Gasteiger partial charge on any atom is -0.187 e. The van der Waals surface area contributed by atoms with Crippen LogP contribution in [0.3, 0.4) is 0 Å². The Morgan fingerprint density at radius 3 is 2.08 bits per heavy atom. The summed E-state index contributed by atoms with van der Waals surface area (Å²) in [4.78, 5) is 0. The lowest BCUT2D eigenvalue weighted by Gasteiger charge is -2.10. The first kappa shape index (κ1) is 14.6. The van der Waals surface area contributed by atoms with Crippen molar-refractivity contribution in [3.05, 3.63) is 102 Å². The topological polar surface area (TPSA) is 3.88 Å². The summed E-state index contributed by atoms with van der Waals surface area (Å²) >= 11 is 0. The third kappa shape index (κ3) is 2.69. The molecule has 1 aromatic heterocycles. The van der Waals surface area contributed by atoms with Gasteiger partial charge < -0.3 is 0 Å². The van der Waals surface area contributed by atoms with Gasteiger partial charge in [0, 0.05) is 28.6 Å². The number of rotatable bonds is 3. The Balaban J connectivity index is 1.99. The van der Waals surface area contributed by atoms with E-state index in [1.165, 1.54) is 33.3 Å². The molecule has 0 aliphatic rings. The lowest BCUT2D eigenvalue weighted by Crippen LogP contribution is -2.38. The van der Waals surface area contributed by atoms with E-state index in [1.807, 2.05) is 0 Å². The van der Waals surface area contributed by atoms with E-state index in [-0.39, 0.29) is 0 Å². The van der Waals surface area contributed by atoms with Crippen LogP contribution in [0.2, 0.25) is 0 Å². The molecule has 0 spiro atoms. The van der Waals surface area contributed by atoms with Crippen molar-refractivity contribution in [2.24, 2.45) is 0 Å². The first-order valence-corrected chi connectivity index (χ1v) is 8.34. The number of para-hydroxylation sites is 1. The molecule has 1 nitrogen and oxygen atoms in total. The SMILES string of the molecule is Cc1cc(-c2ccccc2)[n+](Cc2ccccc2)c2ccccc12. The molecule has 0 aliphatic carbocycles. The maximum atomic E-state index is 2.42. The van der Waals surface area contributed by atoms with Gasteiger partial charge in [0.15, 0.2) is 6.54 Å². The van der Waals surface area contributed by atoms with Crippen LogP contribution in [-0.4, -0.2) is 0 Å². The minimum absolute atomic E-state index is 0.867. The number of pyridine rings is 1. The molecule has 0 amide bonds. The zero-order chi connectivity index (χ0) is 16.4. The van der Waals surface area contributed by atoms with Crippen molar-refractivity contribution in [1.82, 2.24) is 0 Å². The van der Waals surface area contributed by atoms with Crippen molar-refractivity contribution in [2.75, 3.05) is 0 Å². The molecule has 0 saturated heterocycles. The van der Waals surface area contributed by atoms with Crippen LogP contribution in [0.1, 0.15) is 11.1 Å². The van der Waals surface area contributed by atoms with Gasteiger partial charge in [0.1, 0.15) is 0 Å². The fourth-order valence-electron chi connectivity index (χ4n) is 3.32. The fraction of sp³-hybridized carbons (Fsp3) is 0.0870. The quantitative estimate of drug-likeness (QED) is 0.461. The minimum atomic E-state index is 0.867. The van der Waals surface area contributed by atoms with Crippen molar-refractivity contribution in [1.29, 1.82) is 0 Å². The molecule has 4 rings (SSSR count). The van der Waals surface area contributed by atoms with Gasteiger partial charge in [-0.1, -0.05) is 60.7 Å². The number of benzene rings is 3. The Morgan fingerprint density at radius 2 is 1.33 bits per heavy atom. The number of aryl methyl sites for hydroxylation is 1. The van der Waals surface area contributed by atoms with E-state index in [2.05, 4.69) is 102 Å². The Hall–Kier alpha value is -2.93. The molecule has 24 heavy (non-hydrogen) atoms. The van der Waals surface area contributed by atoms with Gasteiger partial charge in [-0.3, -0.25) is 0 Å². The second-order valence-electron chi connectivity index (χ2n) is 6.17. The molecule has 0 fully saturated rings. The maximum absolute atomic E-state index is 2.42. The lowest BCUT2D eigenvalue weighted by molar-refractivity contribution is -0.651. The Kier molecular flexibility index (Phi) is 3.84. The second-order valence-corrected chi connectivity index (χ2v) is 6.17. The largest absolute Gasteiger partial charge is 0.213 e. The highest BCUT2D eigenvalue weighted by atomic mass is 15.0. The van der Waals surface area contributed by atoms with E-state index in [0.29, 0.717) is 0 Å². The van der Waals surface area contributed by atoms with Crippen LogP contribution in [-0.2, 0) is 6.54 Å². The normalized spacial score (nSPS) is 10.9.